The molecular weight excluding hydrogens is 306 g/mol. The SMILES string of the molecule is CCc1ccc(OC)c(C(CC(=O)N2CCCCCC2)C(=O)O)c1. The molecule has 1 aromatic carbocycles. The van der Waals surface area contributed by atoms with Crippen LogP contribution < -0.4 is 4.74 Å². The lowest BCUT2D eigenvalue weighted by molar-refractivity contribution is -0.142. The first-order chi connectivity index (χ1) is 11.6. The Morgan fingerprint density at radius 2 is 1.88 bits per heavy atom. The van der Waals surface area contributed by atoms with Crippen LogP contribution in [0.5, 0.6) is 5.75 Å². The summed E-state index contributed by atoms with van der Waals surface area (Å²) >= 11 is 0. The van der Waals surface area contributed by atoms with Gasteiger partial charge in [0.05, 0.1) is 13.0 Å². The first kappa shape index (κ1) is 18.3. The molecule has 0 spiro atoms. The fourth-order valence-electron chi connectivity index (χ4n) is 3.23. The number of aliphatic carboxylic acids is 1. The van der Waals surface area contributed by atoms with E-state index in [2.05, 4.69) is 0 Å². The molecule has 5 heteroatoms. The molecule has 0 aliphatic carbocycles. The smallest absolute Gasteiger partial charge is 0.311 e. The Morgan fingerprint density at radius 3 is 2.42 bits per heavy atom. The summed E-state index contributed by atoms with van der Waals surface area (Å²) in [5, 5.41) is 9.69. The van der Waals surface area contributed by atoms with Gasteiger partial charge in [-0.25, -0.2) is 0 Å². The lowest BCUT2D eigenvalue weighted by atomic mass is 9.92. The van der Waals surface area contributed by atoms with Crippen molar-refractivity contribution in [2.45, 2.75) is 51.4 Å². The van der Waals surface area contributed by atoms with Gasteiger partial charge in [-0.3, -0.25) is 9.59 Å². The second-order valence-electron chi connectivity index (χ2n) is 6.32. The van der Waals surface area contributed by atoms with Gasteiger partial charge in [0.2, 0.25) is 5.91 Å². The number of carboxylic acids is 1. The van der Waals surface area contributed by atoms with Crippen LogP contribution in [0.4, 0.5) is 0 Å². The van der Waals surface area contributed by atoms with Crippen LogP contribution in [0.2, 0.25) is 0 Å². The quantitative estimate of drug-likeness (QED) is 0.868. The Balaban J connectivity index is 2.23. The van der Waals surface area contributed by atoms with Gasteiger partial charge in [0, 0.05) is 25.1 Å². The maximum Gasteiger partial charge on any atom is 0.311 e. The van der Waals surface area contributed by atoms with Gasteiger partial charge in [-0.1, -0.05) is 31.9 Å². The normalized spacial score (nSPS) is 16.3. The summed E-state index contributed by atoms with van der Waals surface area (Å²) < 4.78 is 5.33. The van der Waals surface area contributed by atoms with Gasteiger partial charge < -0.3 is 14.7 Å². The molecular formula is C19H27NO4. The second-order valence-corrected chi connectivity index (χ2v) is 6.32. The van der Waals surface area contributed by atoms with Crippen molar-refractivity contribution in [3.8, 4) is 5.75 Å². The highest BCUT2D eigenvalue weighted by Crippen LogP contribution is 2.31. The highest BCUT2D eigenvalue weighted by atomic mass is 16.5. The average Bonchev–Trinajstić information content (AvgIpc) is 2.88. The van der Waals surface area contributed by atoms with Crippen molar-refractivity contribution in [3.05, 3.63) is 29.3 Å². The summed E-state index contributed by atoms with van der Waals surface area (Å²) in [6, 6.07) is 5.58. The van der Waals surface area contributed by atoms with Crippen molar-refractivity contribution >= 4 is 11.9 Å². The largest absolute Gasteiger partial charge is 0.496 e. The van der Waals surface area contributed by atoms with E-state index >= 15 is 0 Å². The Labute approximate surface area is 143 Å². The number of benzene rings is 1. The van der Waals surface area contributed by atoms with Crippen molar-refractivity contribution in [2.24, 2.45) is 0 Å². The van der Waals surface area contributed by atoms with Crippen molar-refractivity contribution in [3.63, 3.8) is 0 Å². The molecule has 1 heterocycles. The number of carboxylic acid groups (broad SMARTS) is 1. The van der Waals surface area contributed by atoms with Crippen molar-refractivity contribution in [2.75, 3.05) is 20.2 Å². The molecule has 1 saturated heterocycles. The van der Waals surface area contributed by atoms with Gasteiger partial charge in [0.1, 0.15) is 5.75 Å². The summed E-state index contributed by atoms with van der Waals surface area (Å²) in [5.74, 6) is -1.40. The van der Waals surface area contributed by atoms with E-state index in [1.54, 1.807) is 6.07 Å². The van der Waals surface area contributed by atoms with E-state index in [1.165, 1.54) is 7.11 Å². The molecule has 1 aliphatic heterocycles. The third-order valence-corrected chi connectivity index (χ3v) is 4.71. The van der Waals surface area contributed by atoms with Crippen LogP contribution >= 0.6 is 0 Å². The third-order valence-electron chi connectivity index (χ3n) is 4.71. The number of ether oxygens (including phenoxy) is 1. The minimum Gasteiger partial charge on any atom is -0.496 e. The minimum absolute atomic E-state index is 0.0150. The summed E-state index contributed by atoms with van der Waals surface area (Å²) in [6.45, 7) is 3.48. The van der Waals surface area contributed by atoms with Crippen LogP contribution in [0.15, 0.2) is 18.2 Å². The van der Waals surface area contributed by atoms with E-state index in [9.17, 15) is 14.7 Å². The molecule has 1 aliphatic rings. The molecule has 132 valence electrons. The van der Waals surface area contributed by atoms with Gasteiger partial charge >= 0.3 is 5.97 Å². The zero-order chi connectivity index (χ0) is 17.5. The van der Waals surface area contributed by atoms with Gasteiger partial charge in [0.25, 0.3) is 0 Å². The molecule has 0 bridgehead atoms. The van der Waals surface area contributed by atoms with Crippen molar-refractivity contribution in [1.29, 1.82) is 0 Å². The first-order valence-electron chi connectivity index (χ1n) is 8.74. The Kier molecular flexibility index (Phi) is 6.64. The standard InChI is InChI=1S/C19H27NO4/c1-3-14-8-9-17(24-2)15(12-14)16(19(22)23)13-18(21)20-10-6-4-5-7-11-20/h8-9,12,16H,3-7,10-11,13H2,1-2H3,(H,22,23). The molecule has 1 N–H and O–H groups in total. The van der Waals surface area contributed by atoms with E-state index < -0.39 is 11.9 Å². The number of hydrogen-bond donors (Lipinski definition) is 1. The van der Waals surface area contributed by atoms with Crippen LogP contribution in [-0.2, 0) is 16.0 Å². The zero-order valence-electron chi connectivity index (χ0n) is 14.6. The van der Waals surface area contributed by atoms with E-state index in [0.717, 1.165) is 50.8 Å². The molecule has 0 radical (unpaired) electrons. The maximum absolute atomic E-state index is 12.6. The molecule has 1 atom stereocenters. The first-order valence-corrected chi connectivity index (χ1v) is 8.74. The zero-order valence-corrected chi connectivity index (χ0v) is 14.6. The van der Waals surface area contributed by atoms with Gasteiger partial charge in [-0.2, -0.15) is 0 Å². The number of amides is 1. The van der Waals surface area contributed by atoms with Crippen LogP contribution in [0.3, 0.4) is 0 Å². The molecule has 1 amide bonds. The van der Waals surface area contributed by atoms with Crippen molar-refractivity contribution in [1.82, 2.24) is 4.90 Å². The Bertz CT molecular complexity index is 577. The number of rotatable bonds is 6. The Hall–Kier alpha value is -2.04. The van der Waals surface area contributed by atoms with Crippen LogP contribution in [0.1, 0.15) is 56.1 Å². The minimum atomic E-state index is -0.982. The molecule has 2 rings (SSSR count). The molecule has 1 unspecified atom stereocenters. The number of carbonyl (C=O) groups excluding carboxylic acids is 1. The fraction of sp³-hybridized carbons (Fsp3) is 0.579. The molecule has 1 aromatic rings. The van der Waals surface area contributed by atoms with Crippen LogP contribution in [0.25, 0.3) is 0 Å². The highest BCUT2D eigenvalue weighted by molar-refractivity contribution is 5.86. The van der Waals surface area contributed by atoms with Gasteiger partial charge in [0.15, 0.2) is 0 Å². The number of hydrogen-bond acceptors (Lipinski definition) is 3. The monoisotopic (exact) mass is 333 g/mol. The van der Waals surface area contributed by atoms with E-state index in [1.807, 2.05) is 24.0 Å². The van der Waals surface area contributed by atoms with E-state index in [-0.39, 0.29) is 12.3 Å². The number of likely N-dealkylation sites (tertiary alicyclic amines) is 1. The predicted octanol–water partition coefficient (Wildman–Crippen LogP) is 3.22. The molecule has 24 heavy (non-hydrogen) atoms. The van der Waals surface area contributed by atoms with Gasteiger partial charge in [-0.05, 0) is 30.9 Å². The summed E-state index contributed by atoms with van der Waals surface area (Å²) in [4.78, 5) is 26.3. The maximum atomic E-state index is 12.6. The summed E-state index contributed by atoms with van der Waals surface area (Å²) in [7, 11) is 1.53. The van der Waals surface area contributed by atoms with Gasteiger partial charge in [-0.15, -0.1) is 0 Å². The lowest BCUT2D eigenvalue weighted by Crippen LogP contribution is -2.34. The molecule has 0 aromatic heterocycles. The second kappa shape index (κ2) is 8.71. The van der Waals surface area contributed by atoms with E-state index in [4.69, 9.17) is 4.74 Å². The lowest BCUT2D eigenvalue weighted by Gasteiger charge is -2.23. The molecule has 0 saturated carbocycles. The fourth-order valence-corrected chi connectivity index (χ4v) is 3.23. The van der Waals surface area contributed by atoms with Crippen molar-refractivity contribution < 1.29 is 19.4 Å². The molecule has 5 nitrogen and oxygen atoms in total. The third kappa shape index (κ3) is 4.49. The highest BCUT2D eigenvalue weighted by Gasteiger charge is 2.29. The van der Waals surface area contributed by atoms with Crippen LogP contribution in [0, 0.1) is 0 Å². The number of methoxy groups -OCH3 is 1. The number of nitrogens with zero attached hydrogens (tertiary/aromatic N) is 1. The Morgan fingerprint density at radius 1 is 1.21 bits per heavy atom. The molecule has 1 fully saturated rings. The summed E-state index contributed by atoms with van der Waals surface area (Å²) in [5.41, 5.74) is 1.63. The predicted molar refractivity (Wildman–Crippen MR) is 92.4 cm³/mol. The van der Waals surface area contributed by atoms with E-state index in [0.29, 0.717) is 11.3 Å². The topological polar surface area (TPSA) is 66.8 Å². The summed E-state index contributed by atoms with van der Waals surface area (Å²) in [6.07, 6.45) is 5.06. The number of carbonyl (C=O) groups is 2. The van der Waals surface area contributed by atoms with Crippen LogP contribution in [-0.4, -0.2) is 42.1 Å². The number of aryl methyl sites for hydroxylation is 1. The average molecular weight is 333 g/mol.